The molecule has 0 aromatic heterocycles. The number of aliphatic carboxylic acids is 1. The summed E-state index contributed by atoms with van der Waals surface area (Å²) in [4.78, 5) is 34.8. The zero-order chi connectivity index (χ0) is 26.7. The number of amides is 2. The lowest BCUT2D eigenvalue weighted by Gasteiger charge is -2.14. The third-order valence-corrected chi connectivity index (χ3v) is 5.10. The fourth-order valence-corrected chi connectivity index (χ4v) is 3.17. The summed E-state index contributed by atoms with van der Waals surface area (Å²) >= 11 is 0. The first-order chi connectivity index (χ1) is 17.5. The summed E-state index contributed by atoms with van der Waals surface area (Å²) < 4.78 is 0. The van der Waals surface area contributed by atoms with Gasteiger partial charge in [-0.1, -0.05) is 73.8 Å². The molecule has 0 unspecified atom stereocenters. The Hall–Kier alpha value is -3.15. The average Bonchev–Trinajstić information content (AvgIpc) is 2.85. The number of carboxylic acid groups (broad SMARTS) is 1. The maximum atomic E-state index is 12.1. The lowest BCUT2D eigenvalue weighted by molar-refractivity contribution is -0.142. The highest BCUT2D eigenvalue weighted by atomic mass is 16.4. The van der Waals surface area contributed by atoms with Crippen LogP contribution >= 0.6 is 0 Å². The van der Waals surface area contributed by atoms with Gasteiger partial charge in [0.15, 0.2) is 0 Å². The van der Waals surface area contributed by atoms with Crippen LogP contribution in [-0.4, -0.2) is 35.5 Å². The van der Waals surface area contributed by atoms with Crippen LogP contribution in [0.5, 0.6) is 0 Å². The van der Waals surface area contributed by atoms with Gasteiger partial charge in [-0.05, 0) is 77.2 Å². The van der Waals surface area contributed by atoms with Crippen molar-refractivity contribution in [2.24, 2.45) is 0 Å². The number of carbonyl (C=O) groups excluding carboxylic acids is 2. The summed E-state index contributed by atoms with van der Waals surface area (Å²) in [5.74, 6) is -1.43. The smallest absolute Gasteiger partial charge is 0.326 e. The molecule has 6 nitrogen and oxygen atoms in total. The first kappa shape index (κ1) is 32.8. The lowest BCUT2D eigenvalue weighted by atomic mass is 10.1. The molecule has 36 heavy (non-hydrogen) atoms. The normalized spacial score (nSPS) is 13.2. The van der Waals surface area contributed by atoms with Gasteiger partial charge in [0.2, 0.25) is 11.8 Å². The van der Waals surface area contributed by atoms with Crippen LogP contribution in [0.2, 0.25) is 0 Å². The van der Waals surface area contributed by atoms with E-state index in [1.54, 1.807) is 13.0 Å². The van der Waals surface area contributed by atoms with Crippen molar-refractivity contribution in [3.63, 3.8) is 0 Å². The quantitative estimate of drug-likeness (QED) is 0.0977. The molecule has 6 heteroatoms. The van der Waals surface area contributed by atoms with E-state index >= 15 is 0 Å². The van der Waals surface area contributed by atoms with E-state index in [9.17, 15) is 19.5 Å². The Morgan fingerprint density at radius 1 is 0.778 bits per heavy atom. The summed E-state index contributed by atoms with van der Waals surface area (Å²) in [5.41, 5.74) is 0. The number of allylic oxidation sites excluding steroid dienone is 11. The second kappa shape index (κ2) is 25.0. The Kier molecular flexibility index (Phi) is 22.8. The second-order valence-electron chi connectivity index (χ2n) is 8.35. The third kappa shape index (κ3) is 22.6. The standard InChI is InChI=1S/C30H46N2O4/c1-3-5-6-7-8-9-10-11-12-13-14-15-16-17-18-19-20-25-29(34)32-27(30(35)36)24-21-22-26-31-28(33)23-4-2/h4-6,8-9,11-12,14-15,17-18,23,27H,3,7,10,13,16,19-22,24-26H2,1-2H3,(H,31,33)(H,32,34)(H,35,36)/b6-5-,9-8-,12-11-,15-14-,18-17-,23-4+/t27-/m0/s1. The van der Waals surface area contributed by atoms with Gasteiger partial charge in [0.1, 0.15) is 6.04 Å². The Morgan fingerprint density at radius 2 is 1.33 bits per heavy atom. The topological polar surface area (TPSA) is 95.5 Å². The molecule has 0 fully saturated rings. The Labute approximate surface area is 218 Å². The van der Waals surface area contributed by atoms with Gasteiger partial charge >= 0.3 is 5.97 Å². The highest BCUT2D eigenvalue weighted by Crippen LogP contribution is 2.04. The van der Waals surface area contributed by atoms with Crippen molar-refractivity contribution in [3.05, 3.63) is 72.9 Å². The number of carbonyl (C=O) groups is 3. The van der Waals surface area contributed by atoms with Crippen LogP contribution < -0.4 is 10.6 Å². The zero-order valence-electron chi connectivity index (χ0n) is 22.2. The molecular formula is C30H46N2O4. The molecule has 0 radical (unpaired) electrons. The monoisotopic (exact) mass is 498 g/mol. The maximum Gasteiger partial charge on any atom is 0.326 e. The van der Waals surface area contributed by atoms with Crippen molar-refractivity contribution in [1.29, 1.82) is 0 Å². The number of rotatable bonds is 21. The minimum atomic E-state index is -1.03. The van der Waals surface area contributed by atoms with Gasteiger partial charge < -0.3 is 15.7 Å². The molecule has 200 valence electrons. The Bertz CT molecular complexity index is 776. The molecule has 0 aromatic rings. The van der Waals surface area contributed by atoms with Crippen LogP contribution in [0.1, 0.15) is 84.5 Å². The molecular weight excluding hydrogens is 452 g/mol. The minimum absolute atomic E-state index is 0.159. The van der Waals surface area contributed by atoms with E-state index < -0.39 is 12.0 Å². The SMILES string of the molecule is C/C=C/C(=O)NCCCC[C@H](NC(=O)CCC/C=C\C/C=C\C/C=C\C/C=C\C/C=C\CC)C(=O)O. The first-order valence-corrected chi connectivity index (χ1v) is 13.2. The van der Waals surface area contributed by atoms with Crippen molar-refractivity contribution >= 4 is 17.8 Å². The maximum absolute atomic E-state index is 12.1. The van der Waals surface area contributed by atoms with E-state index in [1.807, 2.05) is 0 Å². The fraction of sp³-hybridized carbons (Fsp3) is 0.500. The largest absolute Gasteiger partial charge is 0.480 e. The van der Waals surface area contributed by atoms with Gasteiger partial charge in [-0.15, -0.1) is 0 Å². The first-order valence-electron chi connectivity index (χ1n) is 13.2. The molecule has 0 rings (SSSR count). The van der Waals surface area contributed by atoms with E-state index in [0.29, 0.717) is 38.6 Å². The molecule has 0 aromatic carbocycles. The Morgan fingerprint density at radius 3 is 1.86 bits per heavy atom. The van der Waals surface area contributed by atoms with E-state index in [4.69, 9.17) is 0 Å². The number of carboxylic acids is 1. The minimum Gasteiger partial charge on any atom is -0.480 e. The van der Waals surface area contributed by atoms with Gasteiger partial charge in [-0.3, -0.25) is 9.59 Å². The predicted molar refractivity (Wildman–Crippen MR) is 150 cm³/mol. The molecule has 0 spiro atoms. The van der Waals surface area contributed by atoms with Gasteiger partial charge in [0.25, 0.3) is 0 Å². The summed E-state index contributed by atoms with van der Waals surface area (Å²) in [6.07, 6.45) is 32.8. The third-order valence-electron chi connectivity index (χ3n) is 5.10. The van der Waals surface area contributed by atoms with Crippen LogP contribution in [0.25, 0.3) is 0 Å². The van der Waals surface area contributed by atoms with Crippen LogP contribution in [0.15, 0.2) is 72.9 Å². The average molecular weight is 499 g/mol. The van der Waals surface area contributed by atoms with Crippen molar-refractivity contribution in [1.82, 2.24) is 10.6 Å². The number of nitrogens with one attached hydrogen (secondary N) is 2. The second-order valence-corrected chi connectivity index (χ2v) is 8.35. The van der Waals surface area contributed by atoms with E-state index in [-0.39, 0.29) is 11.8 Å². The van der Waals surface area contributed by atoms with Crippen molar-refractivity contribution in [2.75, 3.05) is 6.54 Å². The molecule has 1 atom stereocenters. The number of hydrogen-bond acceptors (Lipinski definition) is 3. The van der Waals surface area contributed by atoms with Gasteiger partial charge in [0, 0.05) is 13.0 Å². The van der Waals surface area contributed by atoms with Crippen LogP contribution in [0.4, 0.5) is 0 Å². The molecule has 0 saturated heterocycles. The fourth-order valence-electron chi connectivity index (χ4n) is 3.17. The van der Waals surface area contributed by atoms with Crippen LogP contribution in [0.3, 0.4) is 0 Å². The molecule has 0 aliphatic carbocycles. The Balaban J connectivity index is 3.87. The van der Waals surface area contributed by atoms with E-state index in [0.717, 1.165) is 38.5 Å². The highest BCUT2D eigenvalue weighted by Gasteiger charge is 2.18. The molecule has 0 aliphatic heterocycles. The molecule has 0 aliphatic rings. The van der Waals surface area contributed by atoms with Gasteiger partial charge in [-0.25, -0.2) is 4.79 Å². The van der Waals surface area contributed by atoms with Crippen LogP contribution in [-0.2, 0) is 14.4 Å². The summed E-state index contributed by atoms with van der Waals surface area (Å²) in [5, 5.41) is 14.7. The summed E-state index contributed by atoms with van der Waals surface area (Å²) in [7, 11) is 0. The van der Waals surface area contributed by atoms with Crippen molar-refractivity contribution < 1.29 is 19.5 Å². The predicted octanol–water partition coefficient (Wildman–Crippen LogP) is 6.34. The highest BCUT2D eigenvalue weighted by molar-refractivity contribution is 5.87. The van der Waals surface area contributed by atoms with Gasteiger partial charge in [-0.2, -0.15) is 0 Å². The molecule has 0 heterocycles. The van der Waals surface area contributed by atoms with E-state index in [1.165, 1.54) is 6.08 Å². The van der Waals surface area contributed by atoms with Crippen molar-refractivity contribution in [3.8, 4) is 0 Å². The summed E-state index contributed by atoms with van der Waals surface area (Å²) in [6, 6.07) is -0.891. The number of unbranched alkanes of at least 4 members (excludes halogenated alkanes) is 2. The number of hydrogen-bond donors (Lipinski definition) is 3. The van der Waals surface area contributed by atoms with E-state index in [2.05, 4.69) is 78.3 Å². The van der Waals surface area contributed by atoms with Crippen LogP contribution in [0, 0.1) is 0 Å². The molecule has 0 saturated carbocycles. The van der Waals surface area contributed by atoms with Crippen molar-refractivity contribution in [2.45, 2.75) is 90.5 Å². The lowest BCUT2D eigenvalue weighted by Crippen LogP contribution is -2.40. The molecule has 3 N–H and O–H groups in total. The zero-order valence-corrected chi connectivity index (χ0v) is 22.2. The summed E-state index contributed by atoms with van der Waals surface area (Å²) in [6.45, 7) is 4.39. The van der Waals surface area contributed by atoms with Gasteiger partial charge in [0.05, 0.1) is 0 Å². The molecule has 0 bridgehead atoms. The molecule has 2 amide bonds.